The molecule has 4 heteroatoms. The van der Waals surface area contributed by atoms with E-state index in [9.17, 15) is 0 Å². The Balaban J connectivity index is 2.36. The maximum atomic E-state index is 4.79. The molecule has 0 aromatic carbocycles. The van der Waals surface area contributed by atoms with Gasteiger partial charge < -0.3 is 5.32 Å². The first-order chi connectivity index (χ1) is 9.80. The topological polar surface area (TPSA) is 37.8 Å². The van der Waals surface area contributed by atoms with E-state index in [0.29, 0.717) is 0 Å². The molecule has 0 amide bonds. The van der Waals surface area contributed by atoms with Gasteiger partial charge in [-0.25, -0.2) is 9.97 Å². The number of hydrogen-bond donors (Lipinski definition) is 1. The monoisotopic (exact) mass is 289 g/mol. The lowest BCUT2D eigenvalue weighted by Crippen LogP contribution is -2.18. The molecule has 0 aliphatic heterocycles. The Labute approximate surface area is 125 Å². The molecule has 0 atom stereocenters. The highest BCUT2D eigenvalue weighted by atomic mass is 32.1. The predicted molar refractivity (Wildman–Crippen MR) is 86.3 cm³/mol. The van der Waals surface area contributed by atoms with E-state index >= 15 is 0 Å². The Kier molecular flexibility index (Phi) is 5.68. The number of hydrogen-bond acceptors (Lipinski definition) is 4. The van der Waals surface area contributed by atoms with Gasteiger partial charge in [0.25, 0.3) is 0 Å². The van der Waals surface area contributed by atoms with Crippen LogP contribution >= 0.6 is 11.3 Å². The number of thiophene rings is 1. The second-order valence-corrected chi connectivity index (χ2v) is 5.52. The molecule has 2 heterocycles. The van der Waals surface area contributed by atoms with Crippen LogP contribution in [-0.2, 0) is 19.3 Å². The molecule has 0 saturated heterocycles. The fourth-order valence-electron chi connectivity index (χ4n) is 2.37. The van der Waals surface area contributed by atoms with Crippen molar-refractivity contribution >= 4 is 11.3 Å². The fraction of sp³-hybridized carbons (Fsp3) is 0.500. The lowest BCUT2D eigenvalue weighted by molar-refractivity contribution is 0.702. The van der Waals surface area contributed by atoms with Crippen LogP contribution in [0.5, 0.6) is 0 Å². The Morgan fingerprint density at radius 2 is 1.80 bits per heavy atom. The van der Waals surface area contributed by atoms with Crippen molar-refractivity contribution in [1.29, 1.82) is 0 Å². The van der Waals surface area contributed by atoms with Crippen LogP contribution < -0.4 is 5.32 Å². The fourth-order valence-corrected chi connectivity index (χ4v) is 3.00. The summed E-state index contributed by atoms with van der Waals surface area (Å²) in [6.07, 6.45) is 2.95. The molecular formula is C16H23N3S. The Bertz CT molecular complexity index is 510. The lowest BCUT2D eigenvalue weighted by Gasteiger charge is -2.13. The van der Waals surface area contributed by atoms with Gasteiger partial charge >= 0.3 is 0 Å². The van der Waals surface area contributed by atoms with Gasteiger partial charge in [0.15, 0.2) is 5.82 Å². The highest BCUT2D eigenvalue weighted by Crippen LogP contribution is 2.22. The molecule has 2 aromatic rings. The van der Waals surface area contributed by atoms with Crippen LogP contribution in [0, 0.1) is 0 Å². The van der Waals surface area contributed by atoms with E-state index in [-0.39, 0.29) is 0 Å². The molecule has 2 rings (SSSR count). The third-order valence-corrected chi connectivity index (χ3v) is 4.11. The number of aromatic nitrogens is 2. The molecule has 0 unspecified atom stereocenters. The molecule has 108 valence electrons. The molecule has 0 saturated carbocycles. The van der Waals surface area contributed by atoms with Crippen LogP contribution in [0.15, 0.2) is 16.8 Å². The highest BCUT2D eigenvalue weighted by molar-refractivity contribution is 7.08. The zero-order valence-electron chi connectivity index (χ0n) is 12.6. The second kappa shape index (κ2) is 7.50. The molecular weight excluding hydrogens is 266 g/mol. The maximum absolute atomic E-state index is 4.79. The first-order valence-corrected chi connectivity index (χ1v) is 8.36. The van der Waals surface area contributed by atoms with Gasteiger partial charge in [-0.3, -0.25) is 0 Å². The van der Waals surface area contributed by atoms with Crippen molar-refractivity contribution in [2.45, 2.75) is 40.0 Å². The van der Waals surface area contributed by atoms with E-state index in [1.54, 1.807) is 11.3 Å². The predicted octanol–water partition coefficient (Wildman–Crippen LogP) is 3.48. The van der Waals surface area contributed by atoms with E-state index in [2.05, 4.69) is 42.9 Å². The number of aryl methyl sites for hydroxylation is 2. The molecule has 0 radical (unpaired) electrons. The van der Waals surface area contributed by atoms with Gasteiger partial charge in [-0.15, -0.1) is 0 Å². The van der Waals surface area contributed by atoms with E-state index in [1.165, 1.54) is 17.0 Å². The van der Waals surface area contributed by atoms with Crippen molar-refractivity contribution in [1.82, 2.24) is 15.3 Å². The standard InChI is InChI=1S/C16H23N3S/c1-4-14-13(7-9-17-6-3)15(5-2)19-16(18-14)12-8-10-20-11-12/h8,10-11,17H,4-7,9H2,1-3H3. The van der Waals surface area contributed by atoms with Gasteiger partial charge in [-0.1, -0.05) is 20.8 Å². The Morgan fingerprint density at radius 3 is 2.30 bits per heavy atom. The summed E-state index contributed by atoms with van der Waals surface area (Å²) < 4.78 is 0. The molecule has 2 aromatic heterocycles. The van der Waals surface area contributed by atoms with Crippen LogP contribution in [0.4, 0.5) is 0 Å². The Morgan fingerprint density at radius 1 is 1.10 bits per heavy atom. The first-order valence-electron chi connectivity index (χ1n) is 7.42. The summed E-state index contributed by atoms with van der Waals surface area (Å²) in [7, 11) is 0. The molecule has 0 bridgehead atoms. The maximum Gasteiger partial charge on any atom is 0.160 e. The van der Waals surface area contributed by atoms with E-state index in [0.717, 1.165) is 43.7 Å². The zero-order valence-corrected chi connectivity index (χ0v) is 13.4. The molecule has 3 nitrogen and oxygen atoms in total. The zero-order chi connectivity index (χ0) is 14.4. The Hall–Kier alpha value is -1.26. The van der Waals surface area contributed by atoms with Crippen molar-refractivity contribution in [3.8, 4) is 11.4 Å². The van der Waals surface area contributed by atoms with Crippen molar-refractivity contribution < 1.29 is 0 Å². The summed E-state index contributed by atoms with van der Waals surface area (Å²) in [6, 6.07) is 2.09. The average Bonchev–Trinajstić information content (AvgIpc) is 3.01. The minimum atomic E-state index is 0.882. The van der Waals surface area contributed by atoms with Crippen LogP contribution in [0.1, 0.15) is 37.7 Å². The molecule has 20 heavy (non-hydrogen) atoms. The van der Waals surface area contributed by atoms with Crippen molar-refractivity contribution in [2.24, 2.45) is 0 Å². The molecule has 1 N–H and O–H groups in total. The number of likely N-dealkylation sites (N-methyl/N-ethyl adjacent to an activating group) is 1. The number of nitrogens with one attached hydrogen (secondary N) is 1. The molecule has 0 spiro atoms. The van der Waals surface area contributed by atoms with Crippen molar-refractivity contribution in [3.05, 3.63) is 33.8 Å². The average molecular weight is 289 g/mol. The molecule has 0 aliphatic carbocycles. The van der Waals surface area contributed by atoms with Crippen LogP contribution in [0.2, 0.25) is 0 Å². The summed E-state index contributed by atoms with van der Waals surface area (Å²) in [4.78, 5) is 9.58. The summed E-state index contributed by atoms with van der Waals surface area (Å²) in [6.45, 7) is 8.50. The van der Waals surface area contributed by atoms with E-state index in [4.69, 9.17) is 9.97 Å². The number of nitrogens with zero attached hydrogens (tertiary/aromatic N) is 2. The van der Waals surface area contributed by atoms with Crippen molar-refractivity contribution in [2.75, 3.05) is 13.1 Å². The third-order valence-electron chi connectivity index (χ3n) is 3.43. The SMILES string of the molecule is CCNCCc1c(CC)nc(-c2ccsc2)nc1CC. The van der Waals surface area contributed by atoms with Gasteiger partial charge in [0.05, 0.1) is 0 Å². The summed E-state index contributed by atoms with van der Waals surface area (Å²) >= 11 is 1.69. The minimum Gasteiger partial charge on any atom is -0.317 e. The summed E-state index contributed by atoms with van der Waals surface area (Å²) in [5.41, 5.74) is 4.89. The van der Waals surface area contributed by atoms with Gasteiger partial charge in [0.2, 0.25) is 0 Å². The minimum absolute atomic E-state index is 0.882. The molecule has 0 fully saturated rings. The van der Waals surface area contributed by atoms with Gasteiger partial charge in [0, 0.05) is 22.3 Å². The van der Waals surface area contributed by atoms with Crippen LogP contribution in [0.3, 0.4) is 0 Å². The van der Waals surface area contributed by atoms with Gasteiger partial charge in [-0.2, -0.15) is 11.3 Å². The second-order valence-electron chi connectivity index (χ2n) is 4.74. The third kappa shape index (κ3) is 3.44. The van der Waals surface area contributed by atoms with E-state index in [1.807, 2.05) is 0 Å². The van der Waals surface area contributed by atoms with Gasteiger partial charge in [-0.05, 0) is 49.4 Å². The van der Waals surface area contributed by atoms with Crippen LogP contribution in [0.25, 0.3) is 11.4 Å². The quantitative estimate of drug-likeness (QED) is 0.793. The summed E-state index contributed by atoms with van der Waals surface area (Å²) in [5.74, 6) is 0.882. The smallest absolute Gasteiger partial charge is 0.160 e. The largest absolute Gasteiger partial charge is 0.317 e. The van der Waals surface area contributed by atoms with E-state index < -0.39 is 0 Å². The summed E-state index contributed by atoms with van der Waals surface area (Å²) in [5, 5.41) is 7.58. The van der Waals surface area contributed by atoms with Crippen LogP contribution in [-0.4, -0.2) is 23.1 Å². The normalized spacial score (nSPS) is 10.9. The molecule has 0 aliphatic rings. The van der Waals surface area contributed by atoms with Crippen molar-refractivity contribution in [3.63, 3.8) is 0 Å². The first kappa shape index (κ1) is 15.1. The lowest BCUT2D eigenvalue weighted by atomic mass is 10.0. The number of rotatable bonds is 7. The highest BCUT2D eigenvalue weighted by Gasteiger charge is 2.13. The van der Waals surface area contributed by atoms with Gasteiger partial charge in [0.1, 0.15) is 0 Å².